The van der Waals surface area contributed by atoms with Gasteiger partial charge in [-0.2, -0.15) is 0 Å². The molecule has 0 spiro atoms. The molecule has 0 heterocycles. The Morgan fingerprint density at radius 2 is 1.79 bits per heavy atom. The average molecular weight is 407 g/mol. The maximum Gasteiger partial charge on any atom is 0.264 e. The van der Waals surface area contributed by atoms with E-state index in [1.165, 1.54) is 0 Å². The van der Waals surface area contributed by atoms with Crippen LogP contribution in [0.5, 0.6) is 5.75 Å². The highest BCUT2D eigenvalue weighted by Gasteiger charge is 2.08. The highest BCUT2D eigenvalue weighted by atomic mass is 79.9. The number of anilines is 1. The van der Waals surface area contributed by atoms with Gasteiger partial charge >= 0.3 is 0 Å². The standard InChI is InChI=1S/C18H19BrN2O2S/c1-11-6-12(2)8-15(7-11)20-18(24)21-17(22)10-23-16-5-4-14(19)9-13(16)3/h4-9H,10H2,1-3H3,(H2,20,21,22,24). The second-order valence-corrected chi connectivity index (χ2v) is 6.90. The van der Waals surface area contributed by atoms with E-state index in [1.54, 1.807) is 0 Å². The number of amides is 1. The third-order valence-electron chi connectivity index (χ3n) is 3.23. The first kappa shape index (κ1) is 18.4. The molecular weight excluding hydrogens is 388 g/mol. The van der Waals surface area contributed by atoms with Gasteiger partial charge < -0.3 is 10.1 Å². The van der Waals surface area contributed by atoms with Gasteiger partial charge in [-0.05, 0) is 80.0 Å². The van der Waals surface area contributed by atoms with E-state index in [9.17, 15) is 4.79 Å². The van der Waals surface area contributed by atoms with E-state index >= 15 is 0 Å². The summed E-state index contributed by atoms with van der Waals surface area (Å²) in [6.45, 7) is 5.84. The van der Waals surface area contributed by atoms with Crippen LogP contribution in [0.15, 0.2) is 40.9 Å². The van der Waals surface area contributed by atoms with Gasteiger partial charge in [0.2, 0.25) is 0 Å². The summed E-state index contributed by atoms with van der Waals surface area (Å²) in [4.78, 5) is 12.0. The molecule has 24 heavy (non-hydrogen) atoms. The number of carbonyl (C=O) groups is 1. The fraction of sp³-hybridized carbons (Fsp3) is 0.222. The maximum absolute atomic E-state index is 12.0. The first-order chi connectivity index (χ1) is 11.3. The lowest BCUT2D eigenvalue weighted by Crippen LogP contribution is -2.37. The Labute approximate surface area is 155 Å². The molecule has 2 rings (SSSR count). The third kappa shape index (κ3) is 5.62. The lowest BCUT2D eigenvalue weighted by Gasteiger charge is -2.12. The van der Waals surface area contributed by atoms with Crippen molar-refractivity contribution in [3.8, 4) is 5.75 Å². The quantitative estimate of drug-likeness (QED) is 0.744. The zero-order chi connectivity index (χ0) is 17.7. The first-order valence-corrected chi connectivity index (χ1v) is 8.61. The van der Waals surface area contributed by atoms with Crippen molar-refractivity contribution in [1.29, 1.82) is 0 Å². The predicted molar refractivity (Wildman–Crippen MR) is 105 cm³/mol. The molecule has 126 valence electrons. The molecule has 0 atom stereocenters. The molecule has 2 N–H and O–H groups in total. The number of hydrogen-bond acceptors (Lipinski definition) is 3. The molecule has 2 aromatic rings. The third-order valence-corrected chi connectivity index (χ3v) is 3.93. The van der Waals surface area contributed by atoms with Crippen LogP contribution in [0.4, 0.5) is 5.69 Å². The van der Waals surface area contributed by atoms with Gasteiger partial charge in [-0.25, -0.2) is 0 Å². The molecule has 0 saturated heterocycles. The lowest BCUT2D eigenvalue weighted by atomic mass is 10.1. The molecule has 0 radical (unpaired) electrons. The summed E-state index contributed by atoms with van der Waals surface area (Å²) in [5, 5.41) is 5.88. The molecule has 0 aromatic heterocycles. The van der Waals surface area contributed by atoms with E-state index in [-0.39, 0.29) is 17.6 Å². The second kappa shape index (κ2) is 8.26. The lowest BCUT2D eigenvalue weighted by molar-refractivity contribution is -0.121. The Morgan fingerprint density at radius 1 is 1.12 bits per heavy atom. The van der Waals surface area contributed by atoms with Gasteiger partial charge in [-0.15, -0.1) is 0 Å². The Kier molecular flexibility index (Phi) is 6.34. The predicted octanol–water partition coefficient (Wildman–Crippen LogP) is 4.27. The molecule has 2 aromatic carbocycles. The van der Waals surface area contributed by atoms with Crippen LogP contribution < -0.4 is 15.4 Å². The number of aryl methyl sites for hydroxylation is 3. The summed E-state index contributed by atoms with van der Waals surface area (Å²) < 4.78 is 6.49. The maximum atomic E-state index is 12.0. The van der Waals surface area contributed by atoms with Gasteiger partial charge in [0.05, 0.1) is 0 Å². The molecule has 4 nitrogen and oxygen atoms in total. The van der Waals surface area contributed by atoms with Crippen molar-refractivity contribution in [2.24, 2.45) is 0 Å². The zero-order valence-corrected chi connectivity index (χ0v) is 16.2. The van der Waals surface area contributed by atoms with Crippen LogP contribution in [0.1, 0.15) is 16.7 Å². The molecule has 0 fully saturated rings. The molecule has 0 aliphatic rings. The van der Waals surface area contributed by atoms with Gasteiger partial charge in [0.15, 0.2) is 11.7 Å². The van der Waals surface area contributed by atoms with Crippen molar-refractivity contribution in [1.82, 2.24) is 5.32 Å². The van der Waals surface area contributed by atoms with Gasteiger partial charge in [0, 0.05) is 10.2 Å². The van der Waals surface area contributed by atoms with Crippen molar-refractivity contribution in [3.05, 3.63) is 57.6 Å². The van der Waals surface area contributed by atoms with Crippen molar-refractivity contribution in [2.75, 3.05) is 11.9 Å². The summed E-state index contributed by atoms with van der Waals surface area (Å²) in [5.41, 5.74) is 4.05. The van der Waals surface area contributed by atoms with Crippen LogP contribution in [-0.4, -0.2) is 17.6 Å². The molecule has 0 saturated carbocycles. The zero-order valence-electron chi connectivity index (χ0n) is 13.8. The normalized spacial score (nSPS) is 10.2. The van der Waals surface area contributed by atoms with Crippen LogP contribution in [0, 0.1) is 20.8 Å². The largest absolute Gasteiger partial charge is 0.483 e. The summed E-state index contributed by atoms with van der Waals surface area (Å²) in [6, 6.07) is 11.6. The van der Waals surface area contributed by atoms with Crippen molar-refractivity contribution in [3.63, 3.8) is 0 Å². The minimum absolute atomic E-state index is 0.100. The number of rotatable bonds is 4. The SMILES string of the molecule is Cc1cc(C)cc(NC(=S)NC(=O)COc2ccc(Br)cc2C)c1. The molecule has 0 bridgehead atoms. The van der Waals surface area contributed by atoms with Gasteiger partial charge in [0.1, 0.15) is 5.75 Å². The fourth-order valence-electron chi connectivity index (χ4n) is 2.29. The van der Waals surface area contributed by atoms with E-state index in [4.69, 9.17) is 17.0 Å². The fourth-order valence-corrected chi connectivity index (χ4v) is 3.00. The smallest absolute Gasteiger partial charge is 0.264 e. The minimum atomic E-state index is -0.306. The number of benzene rings is 2. The van der Waals surface area contributed by atoms with Crippen LogP contribution in [-0.2, 0) is 4.79 Å². The van der Waals surface area contributed by atoms with Crippen LogP contribution in [0.25, 0.3) is 0 Å². The van der Waals surface area contributed by atoms with Gasteiger partial charge in [0.25, 0.3) is 5.91 Å². The van der Waals surface area contributed by atoms with Crippen molar-refractivity contribution < 1.29 is 9.53 Å². The number of nitrogens with one attached hydrogen (secondary N) is 2. The van der Waals surface area contributed by atoms with Crippen LogP contribution in [0.2, 0.25) is 0 Å². The topological polar surface area (TPSA) is 50.4 Å². The molecular formula is C18H19BrN2O2S. The number of ether oxygens (including phenoxy) is 1. The number of thiocarbonyl (C=S) groups is 1. The Bertz CT molecular complexity index is 757. The Morgan fingerprint density at radius 3 is 2.42 bits per heavy atom. The highest BCUT2D eigenvalue weighted by molar-refractivity contribution is 9.10. The molecule has 6 heteroatoms. The molecule has 1 amide bonds. The average Bonchev–Trinajstić information content (AvgIpc) is 2.44. The Hall–Kier alpha value is -1.92. The monoisotopic (exact) mass is 406 g/mol. The number of carbonyl (C=O) groups excluding carboxylic acids is 1. The molecule has 0 aliphatic heterocycles. The minimum Gasteiger partial charge on any atom is -0.483 e. The van der Waals surface area contributed by atoms with Crippen molar-refractivity contribution in [2.45, 2.75) is 20.8 Å². The summed E-state index contributed by atoms with van der Waals surface area (Å²) in [5.74, 6) is 0.362. The van der Waals surface area contributed by atoms with Crippen LogP contribution >= 0.6 is 28.1 Å². The van der Waals surface area contributed by atoms with E-state index in [0.717, 1.165) is 26.9 Å². The van der Waals surface area contributed by atoms with Crippen LogP contribution in [0.3, 0.4) is 0 Å². The van der Waals surface area contributed by atoms with Crippen molar-refractivity contribution >= 4 is 44.9 Å². The van der Waals surface area contributed by atoms with E-state index in [1.807, 2.05) is 51.1 Å². The number of halogens is 1. The Balaban J connectivity index is 1.86. The first-order valence-electron chi connectivity index (χ1n) is 7.41. The summed E-state index contributed by atoms with van der Waals surface area (Å²) in [6.07, 6.45) is 0. The van der Waals surface area contributed by atoms with Gasteiger partial charge in [-0.3, -0.25) is 10.1 Å². The second-order valence-electron chi connectivity index (χ2n) is 5.58. The van der Waals surface area contributed by atoms with E-state index < -0.39 is 0 Å². The molecule has 0 unspecified atom stereocenters. The van der Waals surface area contributed by atoms with E-state index in [0.29, 0.717) is 5.75 Å². The summed E-state index contributed by atoms with van der Waals surface area (Å²) in [7, 11) is 0. The molecule has 0 aliphatic carbocycles. The summed E-state index contributed by atoms with van der Waals surface area (Å²) >= 11 is 8.56. The van der Waals surface area contributed by atoms with E-state index in [2.05, 4.69) is 32.6 Å². The number of hydrogen-bond donors (Lipinski definition) is 2. The van der Waals surface area contributed by atoms with Gasteiger partial charge in [-0.1, -0.05) is 22.0 Å². The highest BCUT2D eigenvalue weighted by Crippen LogP contribution is 2.22.